The Bertz CT molecular complexity index is 511. The van der Waals surface area contributed by atoms with E-state index in [1.807, 2.05) is 25.1 Å². The van der Waals surface area contributed by atoms with E-state index in [2.05, 4.69) is 0 Å². The molecule has 0 spiro atoms. The van der Waals surface area contributed by atoms with Gasteiger partial charge in [0.2, 0.25) is 0 Å². The highest BCUT2D eigenvalue weighted by Gasteiger charge is 2.09. The maximum Gasteiger partial charge on any atom is 0.165 e. The molecule has 0 bridgehead atoms. The zero-order chi connectivity index (χ0) is 12.3. The molecule has 0 aliphatic rings. The molecule has 1 atom stereocenters. The van der Waals surface area contributed by atoms with Crippen molar-refractivity contribution in [2.45, 2.75) is 13.0 Å². The summed E-state index contributed by atoms with van der Waals surface area (Å²) in [5.74, 6) is 0.417. The van der Waals surface area contributed by atoms with Crippen LogP contribution in [0.4, 0.5) is 4.39 Å². The summed E-state index contributed by atoms with van der Waals surface area (Å²) < 4.78 is 19.0. The molecule has 0 amide bonds. The summed E-state index contributed by atoms with van der Waals surface area (Å²) in [5, 5.41) is 0. The summed E-state index contributed by atoms with van der Waals surface area (Å²) >= 11 is 0. The SMILES string of the molecule is C[C@H](N)c1ccccc1Oc1ccccc1F. The second-order valence-corrected chi connectivity index (χ2v) is 3.86. The molecule has 17 heavy (non-hydrogen) atoms. The minimum Gasteiger partial charge on any atom is -0.454 e. The van der Waals surface area contributed by atoms with Crippen molar-refractivity contribution in [2.24, 2.45) is 5.73 Å². The van der Waals surface area contributed by atoms with Crippen LogP contribution in [0.1, 0.15) is 18.5 Å². The molecule has 0 unspecified atom stereocenters. The second-order valence-electron chi connectivity index (χ2n) is 3.86. The Balaban J connectivity index is 2.34. The van der Waals surface area contributed by atoms with Crippen LogP contribution >= 0.6 is 0 Å². The summed E-state index contributed by atoms with van der Waals surface area (Å²) in [7, 11) is 0. The van der Waals surface area contributed by atoms with E-state index in [4.69, 9.17) is 10.5 Å². The predicted octanol–water partition coefficient (Wildman–Crippen LogP) is 3.64. The lowest BCUT2D eigenvalue weighted by Gasteiger charge is -2.13. The molecule has 2 N–H and O–H groups in total. The summed E-state index contributed by atoms with van der Waals surface area (Å²) in [6, 6.07) is 13.5. The quantitative estimate of drug-likeness (QED) is 0.875. The summed E-state index contributed by atoms with van der Waals surface area (Å²) in [5.41, 5.74) is 6.69. The van der Waals surface area contributed by atoms with Crippen LogP contribution in [0.15, 0.2) is 48.5 Å². The highest BCUT2D eigenvalue weighted by molar-refractivity contribution is 5.39. The van der Waals surface area contributed by atoms with Gasteiger partial charge < -0.3 is 10.5 Å². The van der Waals surface area contributed by atoms with Crippen LogP contribution in [-0.4, -0.2) is 0 Å². The third-order valence-electron chi connectivity index (χ3n) is 2.47. The van der Waals surface area contributed by atoms with Crippen molar-refractivity contribution in [1.82, 2.24) is 0 Å². The molecule has 0 saturated carbocycles. The van der Waals surface area contributed by atoms with Crippen molar-refractivity contribution in [3.63, 3.8) is 0 Å². The van der Waals surface area contributed by atoms with Crippen molar-refractivity contribution in [1.29, 1.82) is 0 Å². The molecule has 0 radical (unpaired) electrons. The van der Waals surface area contributed by atoms with Gasteiger partial charge in [-0.1, -0.05) is 30.3 Å². The Kier molecular flexibility index (Phi) is 3.40. The number of hydrogen-bond donors (Lipinski definition) is 1. The number of para-hydroxylation sites is 2. The Morgan fingerprint density at radius 1 is 1.00 bits per heavy atom. The third-order valence-corrected chi connectivity index (χ3v) is 2.47. The Hall–Kier alpha value is -1.87. The van der Waals surface area contributed by atoms with Crippen LogP contribution in [0, 0.1) is 5.82 Å². The molecule has 0 saturated heterocycles. The first-order chi connectivity index (χ1) is 8.18. The molecule has 0 aromatic heterocycles. The second kappa shape index (κ2) is 4.97. The van der Waals surface area contributed by atoms with Crippen LogP contribution in [-0.2, 0) is 0 Å². The Morgan fingerprint density at radius 2 is 1.59 bits per heavy atom. The van der Waals surface area contributed by atoms with Gasteiger partial charge in [0, 0.05) is 11.6 Å². The normalized spacial score (nSPS) is 12.2. The van der Waals surface area contributed by atoms with Crippen molar-refractivity contribution in [3.8, 4) is 11.5 Å². The fourth-order valence-corrected chi connectivity index (χ4v) is 1.60. The number of nitrogens with two attached hydrogens (primary N) is 1. The highest BCUT2D eigenvalue weighted by atomic mass is 19.1. The maximum atomic E-state index is 13.5. The van der Waals surface area contributed by atoms with Gasteiger partial charge in [0.25, 0.3) is 0 Å². The van der Waals surface area contributed by atoms with Crippen LogP contribution in [0.5, 0.6) is 11.5 Å². The van der Waals surface area contributed by atoms with Crippen molar-refractivity contribution in [2.75, 3.05) is 0 Å². The monoisotopic (exact) mass is 231 g/mol. The molecule has 88 valence electrons. The number of ether oxygens (including phenoxy) is 1. The van der Waals surface area contributed by atoms with E-state index in [0.29, 0.717) is 5.75 Å². The zero-order valence-corrected chi connectivity index (χ0v) is 9.56. The summed E-state index contributed by atoms with van der Waals surface area (Å²) in [4.78, 5) is 0. The standard InChI is InChI=1S/C14H14FNO/c1-10(16)11-6-2-4-8-13(11)17-14-9-5-3-7-12(14)15/h2-10H,16H2,1H3/t10-/m0/s1. The first-order valence-corrected chi connectivity index (χ1v) is 5.45. The van der Waals surface area contributed by atoms with Gasteiger partial charge in [-0.3, -0.25) is 0 Å². The lowest BCUT2D eigenvalue weighted by Crippen LogP contribution is -2.06. The number of hydrogen-bond acceptors (Lipinski definition) is 2. The first-order valence-electron chi connectivity index (χ1n) is 5.45. The largest absolute Gasteiger partial charge is 0.454 e. The lowest BCUT2D eigenvalue weighted by atomic mass is 10.1. The molecule has 2 nitrogen and oxygen atoms in total. The minimum absolute atomic E-state index is 0.155. The average Bonchev–Trinajstić information content (AvgIpc) is 2.32. The molecular formula is C14H14FNO. The smallest absolute Gasteiger partial charge is 0.165 e. The van der Waals surface area contributed by atoms with Gasteiger partial charge >= 0.3 is 0 Å². The van der Waals surface area contributed by atoms with Crippen molar-refractivity contribution in [3.05, 3.63) is 59.9 Å². The van der Waals surface area contributed by atoms with Crippen molar-refractivity contribution >= 4 is 0 Å². The van der Waals surface area contributed by atoms with Gasteiger partial charge in [0.15, 0.2) is 11.6 Å². The lowest BCUT2D eigenvalue weighted by molar-refractivity contribution is 0.435. The summed E-state index contributed by atoms with van der Waals surface area (Å²) in [6.07, 6.45) is 0. The molecule has 2 aromatic rings. The topological polar surface area (TPSA) is 35.2 Å². The van der Waals surface area contributed by atoms with Gasteiger partial charge in [0.05, 0.1) is 0 Å². The molecule has 0 aliphatic carbocycles. The van der Waals surface area contributed by atoms with Gasteiger partial charge in [0.1, 0.15) is 5.75 Å². The van der Waals surface area contributed by atoms with Crippen LogP contribution < -0.4 is 10.5 Å². The van der Waals surface area contributed by atoms with E-state index in [-0.39, 0.29) is 17.6 Å². The van der Waals surface area contributed by atoms with Gasteiger partial charge in [-0.15, -0.1) is 0 Å². The fraction of sp³-hybridized carbons (Fsp3) is 0.143. The van der Waals surface area contributed by atoms with Gasteiger partial charge in [-0.25, -0.2) is 4.39 Å². The zero-order valence-electron chi connectivity index (χ0n) is 9.56. The molecule has 0 fully saturated rings. The Labute approximate surface area is 99.8 Å². The molecule has 0 heterocycles. The van der Waals surface area contributed by atoms with Crippen molar-refractivity contribution < 1.29 is 9.13 Å². The number of benzene rings is 2. The molecule has 2 rings (SSSR count). The highest BCUT2D eigenvalue weighted by Crippen LogP contribution is 2.29. The van der Waals surface area contributed by atoms with E-state index in [1.54, 1.807) is 24.3 Å². The van der Waals surface area contributed by atoms with E-state index < -0.39 is 0 Å². The van der Waals surface area contributed by atoms with E-state index in [9.17, 15) is 4.39 Å². The third kappa shape index (κ3) is 2.63. The number of rotatable bonds is 3. The van der Waals surface area contributed by atoms with Crippen LogP contribution in [0.25, 0.3) is 0 Å². The van der Waals surface area contributed by atoms with E-state index >= 15 is 0 Å². The maximum absolute atomic E-state index is 13.5. The van der Waals surface area contributed by atoms with Crippen LogP contribution in [0.2, 0.25) is 0 Å². The molecular weight excluding hydrogens is 217 g/mol. The minimum atomic E-state index is -0.382. The van der Waals surface area contributed by atoms with Gasteiger partial charge in [-0.05, 0) is 25.1 Å². The van der Waals surface area contributed by atoms with Gasteiger partial charge in [-0.2, -0.15) is 0 Å². The molecule has 0 aliphatic heterocycles. The Morgan fingerprint density at radius 3 is 2.24 bits per heavy atom. The van der Waals surface area contributed by atoms with E-state index in [0.717, 1.165) is 5.56 Å². The van der Waals surface area contributed by atoms with E-state index in [1.165, 1.54) is 6.07 Å². The molecule has 2 aromatic carbocycles. The average molecular weight is 231 g/mol. The summed E-state index contributed by atoms with van der Waals surface area (Å²) in [6.45, 7) is 1.86. The fourth-order valence-electron chi connectivity index (χ4n) is 1.60. The molecule has 3 heteroatoms. The predicted molar refractivity (Wildman–Crippen MR) is 65.5 cm³/mol. The number of halogens is 1. The first kappa shape index (κ1) is 11.6. The van der Waals surface area contributed by atoms with Crippen LogP contribution in [0.3, 0.4) is 0 Å².